The first-order valence-electron chi connectivity index (χ1n) is 6.76. The molecule has 2 aromatic rings. The van der Waals surface area contributed by atoms with Crippen molar-refractivity contribution in [2.24, 2.45) is 0 Å². The van der Waals surface area contributed by atoms with Crippen molar-refractivity contribution in [1.29, 1.82) is 0 Å². The molecule has 22 heavy (non-hydrogen) atoms. The molecule has 0 fully saturated rings. The summed E-state index contributed by atoms with van der Waals surface area (Å²) in [5.74, 6) is 0.805. The largest absolute Gasteiger partial charge is 0.488 e. The summed E-state index contributed by atoms with van der Waals surface area (Å²) < 4.78 is 10.6. The molecule has 3 rings (SSSR count). The maximum atomic E-state index is 12.1. The van der Waals surface area contributed by atoms with Crippen LogP contribution in [0.15, 0.2) is 46.6 Å². The van der Waals surface area contributed by atoms with Crippen LogP contribution in [0, 0.1) is 0 Å². The van der Waals surface area contributed by atoms with Crippen LogP contribution in [0.25, 0.3) is 6.08 Å². The molecule has 6 heteroatoms. The maximum absolute atomic E-state index is 12.1. The topological polar surface area (TPSA) is 71.7 Å². The van der Waals surface area contributed by atoms with Crippen LogP contribution in [0.1, 0.15) is 17.4 Å². The molecule has 5 nitrogen and oxygen atoms in total. The van der Waals surface area contributed by atoms with Gasteiger partial charge in [-0.25, -0.2) is 0 Å². The average Bonchev–Trinajstić information content (AvgIpc) is 3.06. The molecule has 1 aromatic heterocycles. The fourth-order valence-corrected chi connectivity index (χ4v) is 2.34. The number of fused-ring (bicyclic) bond motifs is 1. The van der Waals surface area contributed by atoms with Crippen molar-refractivity contribution in [2.75, 3.05) is 13.2 Å². The lowest BCUT2D eigenvalue weighted by atomic mass is 10.1. The molecule has 0 saturated heterocycles. The number of halogens is 1. The Labute approximate surface area is 132 Å². The normalized spacial score (nSPS) is 14.5. The number of hydrogen-bond acceptors (Lipinski definition) is 4. The SMILES string of the molecule is O=C(NCC(O)c1ccco1)C1=Cc2cc(Cl)ccc2OC1. The van der Waals surface area contributed by atoms with Gasteiger partial charge in [0, 0.05) is 10.6 Å². The number of amides is 1. The summed E-state index contributed by atoms with van der Waals surface area (Å²) >= 11 is 5.93. The van der Waals surface area contributed by atoms with Crippen LogP contribution in [0.3, 0.4) is 0 Å². The summed E-state index contributed by atoms with van der Waals surface area (Å²) in [4.78, 5) is 12.1. The molecule has 2 heterocycles. The number of carbonyl (C=O) groups is 1. The van der Waals surface area contributed by atoms with E-state index in [0.29, 0.717) is 22.1 Å². The zero-order chi connectivity index (χ0) is 15.5. The quantitative estimate of drug-likeness (QED) is 0.908. The van der Waals surface area contributed by atoms with Gasteiger partial charge in [0.15, 0.2) is 0 Å². The molecule has 1 aliphatic heterocycles. The minimum absolute atomic E-state index is 0.0616. The van der Waals surface area contributed by atoms with Crippen molar-refractivity contribution in [3.8, 4) is 5.75 Å². The molecule has 0 saturated carbocycles. The number of aliphatic hydroxyl groups is 1. The van der Waals surface area contributed by atoms with Crippen LogP contribution >= 0.6 is 11.6 Å². The Balaban J connectivity index is 1.66. The predicted molar refractivity (Wildman–Crippen MR) is 81.6 cm³/mol. The smallest absolute Gasteiger partial charge is 0.250 e. The Kier molecular flexibility index (Phi) is 4.18. The van der Waals surface area contributed by atoms with Crippen LogP contribution < -0.4 is 10.1 Å². The van der Waals surface area contributed by atoms with Gasteiger partial charge in [0.2, 0.25) is 0 Å². The van der Waals surface area contributed by atoms with E-state index in [1.54, 1.807) is 36.4 Å². The first-order valence-corrected chi connectivity index (χ1v) is 7.14. The van der Waals surface area contributed by atoms with E-state index in [2.05, 4.69) is 5.32 Å². The third kappa shape index (κ3) is 3.16. The Morgan fingerprint density at radius 1 is 1.41 bits per heavy atom. The zero-order valence-electron chi connectivity index (χ0n) is 11.6. The lowest BCUT2D eigenvalue weighted by molar-refractivity contribution is -0.118. The lowest BCUT2D eigenvalue weighted by Crippen LogP contribution is -2.31. The molecule has 1 atom stereocenters. The van der Waals surface area contributed by atoms with E-state index in [1.807, 2.05) is 0 Å². The molecule has 1 aromatic carbocycles. The first kappa shape index (κ1) is 14.7. The van der Waals surface area contributed by atoms with Crippen molar-refractivity contribution in [2.45, 2.75) is 6.10 Å². The molecule has 114 valence electrons. The lowest BCUT2D eigenvalue weighted by Gasteiger charge is -2.18. The van der Waals surface area contributed by atoms with Gasteiger partial charge in [-0.05, 0) is 36.4 Å². The third-order valence-electron chi connectivity index (χ3n) is 3.30. The van der Waals surface area contributed by atoms with Crippen molar-refractivity contribution >= 4 is 23.6 Å². The highest BCUT2D eigenvalue weighted by Gasteiger charge is 2.19. The molecule has 2 N–H and O–H groups in total. The van der Waals surface area contributed by atoms with E-state index >= 15 is 0 Å². The Morgan fingerprint density at radius 3 is 3.05 bits per heavy atom. The Morgan fingerprint density at radius 2 is 2.27 bits per heavy atom. The standard InChI is InChI=1S/C16H14ClNO4/c17-12-3-4-14-10(7-12)6-11(9-22-14)16(20)18-8-13(19)15-2-1-5-21-15/h1-7,13,19H,8-9H2,(H,18,20). The minimum Gasteiger partial charge on any atom is -0.488 e. The van der Waals surface area contributed by atoms with Gasteiger partial charge in [-0.15, -0.1) is 0 Å². The molecular formula is C16H14ClNO4. The Hall–Kier alpha value is -2.24. The number of carbonyl (C=O) groups excluding carboxylic acids is 1. The average molecular weight is 320 g/mol. The van der Waals surface area contributed by atoms with Crippen molar-refractivity contribution in [3.05, 3.63) is 58.5 Å². The second-order valence-corrected chi connectivity index (χ2v) is 5.32. The van der Waals surface area contributed by atoms with Gasteiger partial charge < -0.3 is 19.6 Å². The second-order valence-electron chi connectivity index (χ2n) is 4.88. The summed E-state index contributed by atoms with van der Waals surface area (Å²) in [6, 6.07) is 8.57. The predicted octanol–water partition coefficient (Wildman–Crippen LogP) is 2.56. The van der Waals surface area contributed by atoms with Gasteiger partial charge in [0.05, 0.1) is 18.4 Å². The molecule has 0 aliphatic carbocycles. The van der Waals surface area contributed by atoms with E-state index in [0.717, 1.165) is 5.56 Å². The summed E-state index contributed by atoms with van der Waals surface area (Å²) in [6.45, 7) is 0.239. The monoisotopic (exact) mass is 319 g/mol. The molecular weight excluding hydrogens is 306 g/mol. The van der Waals surface area contributed by atoms with Crippen LogP contribution in [0.4, 0.5) is 0 Å². The van der Waals surface area contributed by atoms with E-state index in [-0.39, 0.29) is 19.1 Å². The van der Waals surface area contributed by atoms with E-state index in [1.165, 1.54) is 6.26 Å². The van der Waals surface area contributed by atoms with Crippen molar-refractivity contribution < 1.29 is 19.1 Å². The minimum atomic E-state index is -0.884. The summed E-state index contributed by atoms with van der Waals surface area (Å²) in [7, 11) is 0. The molecule has 0 spiro atoms. The molecule has 0 bridgehead atoms. The van der Waals surface area contributed by atoms with Gasteiger partial charge in [-0.3, -0.25) is 4.79 Å². The number of benzene rings is 1. The summed E-state index contributed by atoms with van der Waals surface area (Å²) in [5, 5.41) is 13.1. The van der Waals surface area contributed by atoms with Crippen LogP contribution in [-0.2, 0) is 4.79 Å². The van der Waals surface area contributed by atoms with Crippen molar-refractivity contribution in [3.63, 3.8) is 0 Å². The Bertz CT molecular complexity index is 709. The number of rotatable bonds is 4. The number of nitrogens with one attached hydrogen (secondary N) is 1. The van der Waals surface area contributed by atoms with Gasteiger partial charge in [0.25, 0.3) is 5.91 Å². The second kappa shape index (κ2) is 6.25. The van der Waals surface area contributed by atoms with E-state index < -0.39 is 6.10 Å². The molecule has 1 unspecified atom stereocenters. The van der Waals surface area contributed by atoms with Gasteiger partial charge >= 0.3 is 0 Å². The highest BCUT2D eigenvalue weighted by molar-refractivity contribution is 6.30. The fourth-order valence-electron chi connectivity index (χ4n) is 2.16. The fraction of sp³-hybridized carbons (Fsp3) is 0.188. The molecule has 1 aliphatic rings. The first-order chi connectivity index (χ1) is 10.6. The highest BCUT2D eigenvalue weighted by atomic mass is 35.5. The van der Waals surface area contributed by atoms with Crippen LogP contribution in [0.5, 0.6) is 5.75 Å². The molecule has 1 amide bonds. The third-order valence-corrected chi connectivity index (χ3v) is 3.54. The maximum Gasteiger partial charge on any atom is 0.250 e. The van der Waals surface area contributed by atoms with Crippen LogP contribution in [0.2, 0.25) is 5.02 Å². The zero-order valence-corrected chi connectivity index (χ0v) is 12.3. The molecule has 0 radical (unpaired) electrons. The van der Waals surface area contributed by atoms with Gasteiger partial charge in [-0.1, -0.05) is 11.6 Å². The number of aliphatic hydroxyl groups excluding tert-OH is 1. The van der Waals surface area contributed by atoms with E-state index in [9.17, 15) is 9.90 Å². The summed E-state index contributed by atoms with van der Waals surface area (Å²) in [6.07, 6.45) is 2.32. The van der Waals surface area contributed by atoms with Gasteiger partial charge in [0.1, 0.15) is 24.2 Å². The van der Waals surface area contributed by atoms with Gasteiger partial charge in [-0.2, -0.15) is 0 Å². The number of ether oxygens (including phenoxy) is 1. The highest BCUT2D eigenvalue weighted by Crippen LogP contribution is 2.29. The summed E-state index contributed by atoms with van der Waals surface area (Å²) in [5.41, 5.74) is 1.23. The number of hydrogen-bond donors (Lipinski definition) is 2. The van der Waals surface area contributed by atoms with Crippen LogP contribution in [-0.4, -0.2) is 24.2 Å². The van der Waals surface area contributed by atoms with Crippen molar-refractivity contribution in [1.82, 2.24) is 5.32 Å². The van der Waals surface area contributed by atoms with E-state index in [4.69, 9.17) is 20.8 Å². The number of furan rings is 1.